The maximum Gasteiger partial charge on any atom is 0.443 e. The van der Waals surface area contributed by atoms with Crippen molar-refractivity contribution in [3.8, 4) is 0 Å². The zero-order chi connectivity index (χ0) is 24.7. The smallest absolute Gasteiger partial charge is 0.293 e. The van der Waals surface area contributed by atoms with E-state index in [0.717, 1.165) is 0 Å². The van der Waals surface area contributed by atoms with Crippen LogP contribution in [0.1, 0.15) is 26.7 Å². The van der Waals surface area contributed by atoms with Crippen LogP contribution in [0.15, 0.2) is 0 Å². The molecule has 0 spiro atoms. The molecule has 0 amide bonds. The number of rotatable bonds is 4. The zero-order valence-corrected chi connectivity index (χ0v) is 14.8. The van der Waals surface area contributed by atoms with Crippen LogP contribution in [-0.4, -0.2) is 53.8 Å². The first-order valence-corrected chi connectivity index (χ1v) is 7.90. The second kappa shape index (κ2) is 6.47. The summed E-state index contributed by atoms with van der Waals surface area (Å²) in [6.07, 6.45) is -29.2. The van der Waals surface area contributed by atoms with Crippen molar-refractivity contribution in [2.75, 3.05) is 0 Å². The molecule has 2 fully saturated rings. The molecule has 0 N–H and O–H groups in total. The van der Waals surface area contributed by atoms with E-state index in [1.54, 1.807) is 0 Å². The van der Waals surface area contributed by atoms with Gasteiger partial charge in [-0.1, -0.05) is 13.8 Å². The lowest BCUT2D eigenvalue weighted by molar-refractivity contribution is -0.452. The third-order valence-electron chi connectivity index (χ3n) is 4.55. The highest BCUT2D eigenvalue weighted by Gasteiger charge is 2.96. The van der Waals surface area contributed by atoms with Crippen molar-refractivity contribution in [3.63, 3.8) is 0 Å². The second-order valence-electron chi connectivity index (χ2n) is 6.42. The van der Waals surface area contributed by atoms with Crippen molar-refractivity contribution >= 4 is 0 Å². The van der Waals surface area contributed by atoms with Crippen LogP contribution in [0.3, 0.4) is 0 Å². The molecule has 2 heterocycles. The quantitative estimate of drug-likeness (QED) is 0.478. The molecular weight excluding hydrogens is 486 g/mol. The van der Waals surface area contributed by atoms with Crippen LogP contribution < -0.4 is 0 Å². The number of alkyl halides is 14. The SMILES string of the molecule is CCC1(C(F)(F)F)OC(F)(F)C(F)(C(F)(F)C2(F)OC(CC)(C(F)(F)F)OC2(F)F)O1. The zero-order valence-electron chi connectivity index (χ0n) is 14.8. The molecule has 0 bridgehead atoms. The van der Waals surface area contributed by atoms with Crippen molar-refractivity contribution in [1.29, 1.82) is 0 Å². The van der Waals surface area contributed by atoms with Gasteiger partial charge in [0, 0.05) is 12.8 Å². The number of hydrogen-bond acceptors (Lipinski definition) is 4. The van der Waals surface area contributed by atoms with E-state index < -0.39 is 66.6 Å². The molecule has 0 saturated carbocycles. The molecule has 0 aliphatic carbocycles. The largest absolute Gasteiger partial charge is 0.443 e. The van der Waals surface area contributed by atoms with Crippen LogP contribution >= 0.6 is 0 Å². The fourth-order valence-corrected chi connectivity index (χ4v) is 2.78. The second-order valence-corrected chi connectivity index (χ2v) is 6.42. The first kappa shape index (κ1) is 26.1. The number of ether oxygens (including phenoxy) is 4. The van der Waals surface area contributed by atoms with Gasteiger partial charge in [0.25, 0.3) is 11.6 Å². The van der Waals surface area contributed by atoms with E-state index in [4.69, 9.17) is 0 Å². The van der Waals surface area contributed by atoms with E-state index in [2.05, 4.69) is 18.9 Å². The predicted molar refractivity (Wildman–Crippen MR) is 65.0 cm³/mol. The van der Waals surface area contributed by atoms with Gasteiger partial charge >= 0.3 is 42.2 Å². The molecule has 4 nitrogen and oxygen atoms in total. The average molecular weight is 496 g/mol. The molecule has 18 heteroatoms. The monoisotopic (exact) mass is 496 g/mol. The third-order valence-corrected chi connectivity index (χ3v) is 4.55. The third kappa shape index (κ3) is 3.03. The molecule has 2 rings (SSSR count). The van der Waals surface area contributed by atoms with E-state index in [9.17, 15) is 61.5 Å². The minimum atomic E-state index is -7.28. The maximum absolute atomic E-state index is 14.6. The van der Waals surface area contributed by atoms with Crippen molar-refractivity contribution in [1.82, 2.24) is 0 Å². The highest BCUT2D eigenvalue weighted by Crippen LogP contribution is 2.67. The molecular formula is C13H10F14O4. The van der Waals surface area contributed by atoms with Crippen LogP contribution in [0.25, 0.3) is 0 Å². The van der Waals surface area contributed by atoms with E-state index in [-0.39, 0.29) is 0 Å². The minimum Gasteiger partial charge on any atom is -0.293 e. The molecule has 2 saturated heterocycles. The summed E-state index contributed by atoms with van der Waals surface area (Å²) in [5.41, 5.74) is 0. The molecule has 0 aromatic heterocycles. The Labute approximate surface area is 162 Å². The average Bonchev–Trinajstić information content (AvgIpc) is 2.94. The summed E-state index contributed by atoms with van der Waals surface area (Å²) < 4.78 is 203. The van der Waals surface area contributed by atoms with Crippen LogP contribution in [0.4, 0.5) is 61.5 Å². The normalized spacial score (nSPS) is 41.0. The Morgan fingerprint density at radius 3 is 0.935 bits per heavy atom. The Balaban J connectivity index is 2.69. The van der Waals surface area contributed by atoms with Crippen LogP contribution in [0.5, 0.6) is 0 Å². The van der Waals surface area contributed by atoms with Gasteiger partial charge < -0.3 is 0 Å². The molecule has 31 heavy (non-hydrogen) atoms. The van der Waals surface area contributed by atoms with E-state index in [1.807, 2.05) is 0 Å². The van der Waals surface area contributed by atoms with Gasteiger partial charge in [-0.25, -0.2) is 0 Å². The fourth-order valence-electron chi connectivity index (χ4n) is 2.78. The van der Waals surface area contributed by atoms with Gasteiger partial charge in [-0.15, -0.1) is 0 Å². The molecule has 4 unspecified atom stereocenters. The standard InChI is InChI=1S/C13H10F14O4/c1-3-5(10(18,19)20)28-8(16,12(24,25)30-5)7(14,15)9(17)13(26,27)31-6(4-2,29-9)11(21,22)23/h3-4H2,1-2H3. The van der Waals surface area contributed by atoms with Gasteiger partial charge in [-0.3, -0.25) is 18.9 Å². The number of hydrogen-bond donors (Lipinski definition) is 0. The van der Waals surface area contributed by atoms with Crippen molar-refractivity contribution in [2.45, 2.75) is 80.5 Å². The first-order valence-electron chi connectivity index (χ1n) is 7.90. The number of halogens is 14. The molecule has 0 aromatic carbocycles. The first-order chi connectivity index (χ1) is 13.4. The van der Waals surface area contributed by atoms with Gasteiger partial charge in [0.2, 0.25) is 0 Å². The topological polar surface area (TPSA) is 36.9 Å². The van der Waals surface area contributed by atoms with Gasteiger partial charge in [-0.2, -0.15) is 61.5 Å². The Morgan fingerprint density at radius 2 is 0.774 bits per heavy atom. The summed E-state index contributed by atoms with van der Waals surface area (Å²) in [6, 6.07) is 0. The summed E-state index contributed by atoms with van der Waals surface area (Å²) in [7, 11) is 0. The van der Waals surface area contributed by atoms with E-state index >= 15 is 0 Å². The van der Waals surface area contributed by atoms with Crippen LogP contribution in [0, 0.1) is 0 Å². The Kier molecular flexibility index (Phi) is 5.45. The van der Waals surface area contributed by atoms with Gasteiger partial charge in [0.15, 0.2) is 0 Å². The summed E-state index contributed by atoms with van der Waals surface area (Å²) in [4.78, 5) is 0. The molecule has 184 valence electrons. The molecule has 4 atom stereocenters. The minimum absolute atomic E-state index is 0.300. The summed E-state index contributed by atoms with van der Waals surface area (Å²) in [5, 5.41) is 0. The van der Waals surface area contributed by atoms with Crippen molar-refractivity contribution < 1.29 is 80.4 Å². The molecule has 2 aliphatic heterocycles. The summed E-state index contributed by atoms with van der Waals surface area (Å²) in [6.45, 7) is 0.600. The Hall–Kier alpha value is -1.14. The van der Waals surface area contributed by atoms with Crippen LogP contribution in [0.2, 0.25) is 0 Å². The summed E-state index contributed by atoms with van der Waals surface area (Å²) >= 11 is 0. The molecule has 0 aromatic rings. The molecule has 0 radical (unpaired) electrons. The predicted octanol–water partition coefficient (Wildman–Crippen LogP) is 5.57. The van der Waals surface area contributed by atoms with E-state index in [1.165, 1.54) is 0 Å². The highest BCUT2D eigenvalue weighted by molar-refractivity contribution is 5.13. The van der Waals surface area contributed by atoms with E-state index in [0.29, 0.717) is 13.8 Å². The lowest BCUT2D eigenvalue weighted by atomic mass is 10.00. The molecule has 2 aliphatic rings. The summed E-state index contributed by atoms with van der Waals surface area (Å²) in [5.74, 6) is -30.6. The van der Waals surface area contributed by atoms with Gasteiger partial charge in [-0.05, 0) is 0 Å². The van der Waals surface area contributed by atoms with Crippen molar-refractivity contribution in [2.24, 2.45) is 0 Å². The van der Waals surface area contributed by atoms with Crippen LogP contribution in [-0.2, 0) is 18.9 Å². The van der Waals surface area contributed by atoms with Crippen molar-refractivity contribution in [3.05, 3.63) is 0 Å². The lowest BCUT2D eigenvalue weighted by Gasteiger charge is -2.39. The Morgan fingerprint density at radius 1 is 0.516 bits per heavy atom. The van der Waals surface area contributed by atoms with Gasteiger partial charge in [0.05, 0.1) is 0 Å². The van der Waals surface area contributed by atoms with Gasteiger partial charge in [0.1, 0.15) is 0 Å². The highest BCUT2D eigenvalue weighted by atomic mass is 19.4. The maximum atomic E-state index is 14.6. The fraction of sp³-hybridized carbons (Fsp3) is 1.00. The lowest BCUT2D eigenvalue weighted by Crippen LogP contribution is -2.69. The Bertz CT molecular complexity index is 664.